The van der Waals surface area contributed by atoms with Crippen LogP contribution in [0.3, 0.4) is 0 Å². The average molecular weight is 146 g/mol. The molecule has 0 fully saturated rings. The van der Waals surface area contributed by atoms with Crippen molar-refractivity contribution in [2.24, 2.45) is 0 Å². The van der Waals surface area contributed by atoms with Crippen LogP contribution in [0.4, 0.5) is 0 Å². The minimum absolute atomic E-state index is 0.591. The highest BCUT2D eigenvalue weighted by Crippen LogP contribution is 2.13. The van der Waals surface area contributed by atoms with Crippen LogP contribution in [-0.4, -0.2) is 16.3 Å². The van der Waals surface area contributed by atoms with Crippen molar-refractivity contribution in [3.8, 4) is 0 Å². The van der Waals surface area contributed by atoms with Gasteiger partial charge in [-0.15, -0.1) is 0 Å². The van der Waals surface area contributed by atoms with E-state index in [1.165, 1.54) is 0 Å². The van der Waals surface area contributed by atoms with Gasteiger partial charge in [0.05, 0.1) is 5.69 Å². The molecule has 2 heterocycles. The van der Waals surface area contributed by atoms with Gasteiger partial charge in [-0.25, -0.2) is 0 Å². The summed E-state index contributed by atoms with van der Waals surface area (Å²) in [5.74, 6) is 0. The number of rotatable bonds is 1. The highest BCUT2D eigenvalue weighted by Gasteiger charge is 1.99. The zero-order valence-electron chi connectivity index (χ0n) is 5.74. The molecule has 0 aliphatic heterocycles. The summed E-state index contributed by atoms with van der Waals surface area (Å²) in [4.78, 5) is 17.2. The van der Waals surface area contributed by atoms with Crippen LogP contribution in [0.15, 0.2) is 24.7 Å². The van der Waals surface area contributed by atoms with E-state index < -0.39 is 0 Å². The molecule has 0 aliphatic rings. The molecule has 0 saturated heterocycles. The van der Waals surface area contributed by atoms with E-state index >= 15 is 0 Å². The van der Waals surface area contributed by atoms with Crippen LogP contribution in [0.1, 0.15) is 10.5 Å². The van der Waals surface area contributed by atoms with E-state index in [2.05, 4.69) is 9.97 Å². The second-order valence-electron chi connectivity index (χ2n) is 2.28. The van der Waals surface area contributed by atoms with Crippen molar-refractivity contribution in [3.05, 3.63) is 30.4 Å². The number of nitrogens with one attached hydrogen (secondary N) is 1. The van der Waals surface area contributed by atoms with Crippen molar-refractivity contribution >= 4 is 17.1 Å². The number of nitrogens with zero attached hydrogens (tertiary/aromatic N) is 1. The summed E-state index contributed by atoms with van der Waals surface area (Å²) < 4.78 is 0. The Kier molecular flexibility index (Phi) is 1.22. The van der Waals surface area contributed by atoms with Crippen LogP contribution in [0, 0.1) is 0 Å². The van der Waals surface area contributed by atoms with Gasteiger partial charge in [-0.1, -0.05) is 0 Å². The first-order valence-corrected chi connectivity index (χ1v) is 3.28. The van der Waals surface area contributed by atoms with Gasteiger partial charge in [0.1, 0.15) is 0 Å². The summed E-state index contributed by atoms with van der Waals surface area (Å²) in [7, 11) is 0. The van der Waals surface area contributed by atoms with Gasteiger partial charge in [0.25, 0.3) is 0 Å². The largest absolute Gasteiger partial charge is 0.358 e. The number of H-pyrrole nitrogens is 1. The molecule has 1 N–H and O–H groups in total. The molecular formula is C8H6N2O. The molecule has 2 rings (SSSR count). The van der Waals surface area contributed by atoms with E-state index in [1.807, 2.05) is 6.07 Å². The van der Waals surface area contributed by atoms with Gasteiger partial charge in [-0.2, -0.15) is 0 Å². The van der Waals surface area contributed by atoms with Crippen molar-refractivity contribution in [2.45, 2.75) is 0 Å². The van der Waals surface area contributed by atoms with Crippen molar-refractivity contribution in [3.63, 3.8) is 0 Å². The van der Waals surface area contributed by atoms with Crippen molar-refractivity contribution in [1.29, 1.82) is 0 Å². The van der Waals surface area contributed by atoms with E-state index in [1.54, 1.807) is 18.6 Å². The average Bonchev–Trinajstić information content (AvgIpc) is 2.47. The highest BCUT2D eigenvalue weighted by molar-refractivity contribution is 5.96. The third-order valence-corrected chi connectivity index (χ3v) is 1.65. The molecule has 3 heteroatoms. The Morgan fingerprint density at radius 3 is 3.27 bits per heavy atom. The molecule has 0 unspecified atom stereocenters. The molecule has 0 aromatic carbocycles. The molecule has 54 valence electrons. The zero-order chi connectivity index (χ0) is 7.68. The normalized spacial score (nSPS) is 10.2. The molecule has 0 amide bonds. The molecule has 0 aliphatic carbocycles. The van der Waals surface area contributed by atoms with Crippen LogP contribution >= 0.6 is 0 Å². The second kappa shape index (κ2) is 2.20. The maximum Gasteiger partial charge on any atom is 0.166 e. The van der Waals surface area contributed by atoms with Gasteiger partial charge >= 0.3 is 0 Å². The summed E-state index contributed by atoms with van der Waals surface area (Å²) in [5, 5.41) is 1.89. The minimum Gasteiger partial charge on any atom is -0.358 e. The predicted molar refractivity (Wildman–Crippen MR) is 41.5 cm³/mol. The molecule has 0 bridgehead atoms. The molecule has 0 spiro atoms. The first kappa shape index (κ1) is 6.09. The smallest absolute Gasteiger partial charge is 0.166 e. The number of aromatic amines is 1. The van der Waals surface area contributed by atoms with Crippen LogP contribution in [0.2, 0.25) is 0 Å². The zero-order valence-corrected chi connectivity index (χ0v) is 5.74. The summed E-state index contributed by atoms with van der Waals surface area (Å²) in [6, 6.07) is 1.86. The Morgan fingerprint density at radius 1 is 1.55 bits per heavy atom. The Hall–Kier alpha value is -1.64. The van der Waals surface area contributed by atoms with Crippen molar-refractivity contribution < 1.29 is 4.79 Å². The fourth-order valence-electron chi connectivity index (χ4n) is 1.09. The van der Waals surface area contributed by atoms with Crippen molar-refractivity contribution in [2.75, 3.05) is 0 Å². The number of pyridine rings is 1. The SMILES string of the molecule is O=Cc1[nH]cc2ccncc12. The number of hydrogen-bond acceptors (Lipinski definition) is 2. The van der Waals surface area contributed by atoms with Gasteiger partial charge in [-0.3, -0.25) is 9.78 Å². The first-order chi connectivity index (χ1) is 5.42. The summed E-state index contributed by atoms with van der Waals surface area (Å²) >= 11 is 0. The maximum absolute atomic E-state index is 10.4. The fraction of sp³-hybridized carbons (Fsp3) is 0. The molecule has 0 atom stereocenters. The number of carbonyl (C=O) groups excluding carboxylic acids is 1. The second-order valence-corrected chi connectivity index (χ2v) is 2.28. The third-order valence-electron chi connectivity index (χ3n) is 1.65. The first-order valence-electron chi connectivity index (χ1n) is 3.28. The lowest BCUT2D eigenvalue weighted by Gasteiger charge is -1.85. The Bertz CT molecular complexity index is 392. The van der Waals surface area contributed by atoms with Gasteiger partial charge in [0, 0.05) is 29.4 Å². The molecule has 11 heavy (non-hydrogen) atoms. The number of aldehydes is 1. The van der Waals surface area contributed by atoms with Gasteiger partial charge in [-0.05, 0) is 6.07 Å². The lowest BCUT2D eigenvalue weighted by Crippen LogP contribution is -1.78. The third kappa shape index (κ3) is 0.816. The minimum atomic E-state index is 0.591. The van der Waals surface area contributed by atoms with E-state index in [-0.39, 0.29) is 0 Å². The number of carbonyl (C=O) groups is 1. The van der Waals surface area contributed by atoms with Crippen LogP contribution in [0.25, 0.3) is 10.8 Å². The van der Waals surface area contributed by atoms with Gasteiger partial charge in [0.15, 0.2) is 6.29 Å². The van der Waals surface area contributed by atoms with Crippen LogP contribution in [0.5, 0.6) is 0 Å². The van der Waals surface area contributed by atoms with Crippen LogP contribution in [-0.2, 0) is 0 Å². The molecule has 0 saturated carbocycles. The lowest BCUT2D eigenvalue weighted by atomic mass is 10.2. The molecule has 0 radical (unpaired) electrons. The number of hydrogen-bond donors (Lipinski definition) is 1. The topological polar surface area (TPSA) is 45.8 Å². The molecule has 3 nitrogen and oxygen atoms in total. The lowest BCUT2D eigenvalue weighted by molar-refractivity contribution is 0.112. The molecule has 2 aromatic rings. The van der Waals surface area contributed by atoms with Gasteiger partial charge in [0.2, 0.25) is 0 Å². The van der Waals surface area contributed by atoms with E-state index in [9.17, 15) is 4.79 Å². The summed E-state index contributed by atoms with van der Waals surface area (Å²) in [6.45, 7) is 0. The monoisotopic (exact) mass is 146 g/mol. The number of aromatic nitrogens is 2. The Balaban J connectivity index is 2.86. The predicted octanol–water partition coefficient (Wildman–Crippen LogP) is 1.38. The quantitative estimate of drug-likeness (QED) is 0.617. The van der Waals surface area contributed by atoms with Crippen LogP contribution < -0.4 is 0 Å². The van der Waals surface area contributed by atoms with Gasteiger partial charge < -0.3 is 4.98 Å². The number of fused-ring (bicyclic) bond motifs is 1. The highest BCUT2D eigenvalue weighted by atomic mass is 16.1. The van der Waals surface area contributed by atoms with E-state index in [0.29, 0.717) is 5.69 Å². The summed E-state index contributed by atoms with van der Waals surface area (Å²) in [6.07, 6.45) is 5.96. The van der Waals surface area contributed by atoms with Crippen molar-refractivity contribution in [1.82, 2.24) is 9.97 Å². The fourth-order valence-corrected chi connectivity index (χ4v) is 1.09. The molecular weight excluding hydrogens is 140 g/mol. The van der Waals surface area contributed by atoms with E-state index in [0.717, 1.165) is 17.1 Å². The maximum atomic E-state index is 10.4. The summed E-state index contributed by atoms with van der Waals surface area (Å²) in [5.41, 5.74) is 0.591. The Morgan fingerprint density at radius 2 is 2.45 bits per heavy atom. The van der Waals surface area contributed by atoms with E-state index in [4.69, 9.17) is 0 Å². The molecule has 2 aromatic heterocycles. The Labute approximate surface area is 63.1 Å². The standard InChI is InChI=1S/C8H6N2O/c11-5-8-7-4-9-2-1-6(7)3-10-8/h1-5,10H.